The number of carbonyl (C=O) groups excluding carboxylic acids is 1. The van der Waals surface area contributed by atoms with Gasteiger partial charge in [-0.05, 0) is 36.1 Å². The third-order valence-electron chi connectivity index (χ3n) is 4.15. The van der Waals surface area contributed by atoms with Crippen LogP contribution >= 0.6 is 11.3 Å². The molecule has 1 aromatic carbocycles. The molecule has 138 valence electrons. The number of benzene rings is 1. The second kappa shape index (κ2) is 8.01. The summed E-state index contributed by atoms with van der Waals surface area (Å²) in [5.41, 5.74) is 0.576. The zero-order chi connectivity index (χ0) is 19.4. The van der Waals surface area contributed by atoms with E-state index in [-0.39, 0.29) is 12.1 Å². The Labute approximate surface area is 159 Å². The summed E-state index contributed by atoms with van der Waals surface area (Å²) < 4.78 is 2.99. The number of anilines is 1. The summed E-state index contributed by atoms with van der Waals surface area (Å²) >= 11 is 1.26. The molecule has 1 N–H and O–H groups in total. The number of aromatic nitrogens is 2. The van der Waals surface area contributed by atoms with Gasteiger partial charge in [0.1, 0.15) is 11.2 Å². The predicted octanol–water partition coefficient (Wildman–Crippen LogP) is 2.54. The Bertz CT molecular complexity index is 1150. The zero-order valence-electron chi connectivity index (χ0n) is 14.8. The van der Waals surface area contributed by atoms with Crippen LogP contribution in [0.3, 0.4) is 0 Å². The predicted molar refractivity (Wildman–Crippen MR) is 105 cm³/mol. The molecule has 3 rings (SSSR count). The molecule has 0 aliphatic heterocycles. The number of nitrogens with zero attached hydrogens (tertiary/aromatic N) is 3. The molecule has 3 aromatic rings. The number of fused-ring (bicyclic) bond motifs is 1. The van der Waals surface area contributed by atoms with Crippen molar-refractivity contribution in [1.82, 2.24) is 9.13 Å². The van der Waals surface area contributed by atoms with Crippen molar-refractivity contribution < 1.29 is 4.79 Å². The van der Waals surface area contributed by atoms with Gasteiger partial charge < -0.3 is 5.32 Å². The molecule has 7 nitrogen and oxygen atoms in total. The van der Waals surface area contributed by atoms with Crippen LogP contribution in [0.1, 0.15) is 25.3 Å². The van der Waals surface area contributed by atoms with Crippen LogP contribution in [0.15, 0.2) is 45.3 Å². The van der Waals surface area contributed by atoms with Gasteiger partial charge in [0.05, 0.1) is 17.1 Å². The molecule has 2 aromatic heterocycles. The number of hydrogen-bond donors (Lipinski definition) is 1. The van der Waals surface area contributed by atoms with Gasteiger partial charge in [-0.1, -0.05) is 19.4 Å². The number of hydrogen-bond acceptors (Lipinski definition) is 5. The number of carbonyl (C=O) groups is 1. The van der Waals surface area contributed by atoms with Crippen LogP contribution in [0.5, 0.6) is 0 Å². The van der Waals surface area contributed by atoms with Crippen LogP contribution in [0.4, 0.5) is 5.69 Å². The Hall–Kier alpha value is -3.18. The average molecular weight is 382 g/mol. The first-order chi connectivity index (χ1) is 13.0. The molecule has 0 fully saturated rings. The number of unbranched alkanes of at least 4 members (excludes halogenated alkanes) is 1. The fourth-order valence-electron chi connectivity index (χ4n) is 2.81. The molecule has 27 heavy (non-hydrogen) atoms. The van der Waals surface area contributed by atoms with E-state index in [1.165, 1.54) is 20.5 Å². The highest BCUT2D eigenvalue weighted by molar-refractivity contribution is 7.17. The van der Waals surface area contributed by atoms with Crippen molar-refractivity contribution in [2.24, 2.45) is 0 Å². The fourth-order valence-corrected chi connectivity index (χ4v) is 3.65. The smallest absolute Gasteiger partial charge is 0.324 e. The van der Waals surface area contributed by atoms with Crippen molar-refractivity contribution >= 4 is 33.1 Å². The highest BCUT2D eigenvalue weighted by atomic mass is 32.1. The van der Waals surface area contributed by atoms with E-state index in [9.17, 15) is 14.4 Å². The number of nitrogens with one attached hydrogen (secondary N) is 1. The standard InChI is InChI=1S/C19H18N4O3S/c1-2-3-8-22-18(25)17-15(7-9-27-17)23(19(22)26)12-16(24)21-14-6-4-5-13(10-14)11-20/h4-7,9-10H,2-3,8,12H2,1H3,(H,21,24). The van der Waals surface area contributed by atoms with Gasteiger partial charge in [-0.25, -0.2) is 4.79 Å². The summed E-state index contributed by atoms with van der Waals surface area (Å²) in [5.74, 6) is -0.402. The van der Waals surface area contributed by atoms with Crippen LogP contribution in [0.2, 0.25) is 0 Å². The summed E-state index contributed by atoms with van der Waals surface area (Å²) in [7, 11) is 0. The molecule has 0 unspecified atom stereocenters. The highest BCUT2D eigenvalue weighted by Crippen LogP contribution is 2.16. The Morgan fingerprint density at radius 1 is 1.26 bits per heavy atom. The van der Waals surface area contributed by atoms with Crippen molar-refractivity contribution in [3.8, 4) is 6.07 Å². The third-order valence-corrected chi connectivity index (χ3v) is 5.04. The molecule has 0 aliphatic carbocycles. The third kappa shape index (κ3) is 3.83. The van der Waals surface area contributed by atoms with Crippen LogP contribution in [-0.2, 0) is 17.9 Å². The molecule has 0 saturated heterocycles. The maximum atomic E-state index is 12.8. The molecule has 0 bridgehead atoms. The number of nitriles is 1. The van der Waals surface area contributed by atoms with E-state index in [0.29, 0.717) is 34.4 Å². The lowest BCUT2D eigenvalue weighted by molar-refractivity contribution is -0.116. The molecule has 0 atom stereocenters. The second-order valence-electron chi connectivity index (χ2n) is 6.05. The Kier molecular flexibility index (Phi) is 5.52. The molecule has 0 spiro atoms. The Morgan fingerprint density at radius 3 is 2.81 bits per heavy atom. The monoisotopic (exact) mass is 382 g/mol. The van der Waals surface area contributed by atoms with Crippen LogP contribution < -0.4 is 16.6 Å². The van der Waals surface area contributed by atoms with E-state index >= 15 is 0 Å². The van der Waals surface area contributed by atoms with Crippen molar-refractivity contribution in [2.75, 3.05) is 5.32 Å². The molecular formula is C19H18N4O3S. The molecular weight excluding hydrogens is 364 g/mol. The fraction of sp³-hybridized carbons (Fsp3) is 0.263. The molecule has 8 heteroatoms. The molecule has 0 saturated carbocycles. The van der Waals surface area contributed by atoms with E-state index in [1.54, 1.807) is 35.7 Å². The van der Waals surface area contributed by atoms with Crippen LogP contribution in [-0.4, -0.2) is 15.0 Å². The normalized spacial score (nSPS) is 10.7. The van der Waals surface area contributed by atoms with Crippen molar-refractivity contribution in [3.63, 3.8) is 0 Å². The lowest BCUT2D eigenvalue weighted by Crippen LogP contribution is -2.41. The van der Waals surface area contributed by atoms with E-state index < -0.39 is 11.6 Å². The summed E-state index contributed by atoms with van der Waals surface area (Å²) in [6.07, 6.45) is 1.56. The first-order valence-corrected chi connectivity index (χ1v) is 9.44. The first-order valence-electron chi connectivity index (χ1n) is 8.56. The van der Waals surface area contributed by atoms with Crippen LogP contribution in [0.25, 0.3) is 10.2 Å². The van der Waals surface area contributed by atoms with E-state index in [0.717, 1.165) is 6.42 Å². The maximum absolute atomic E-state index is 12.8. The quantitative estimate of drug-likeness (QED) is 0.708. The largest absolute Gasteiger partial charge is 0.332 e. The van der Waals surface area contributed by atoms with Crippen molar-refractivity contribution in [2.45, 2.75) is 32.9 Å². The van der Waals surface area contributed by atoms with Crippen molar-refractivity contribution in [3.05, 3.63) is 62.1 Å². The molecule has 2 heterocycles. The Morgan fingerprint density at radius 2 is 2.07 bits per heavy atom. The van der Waals surface area contributed by atoms with Gasteiger partial charge >= 0.3 is 5.69 Å². The number of rotatable bonds is 6. The van der Waals surface area contributed by atoms with E-state index in [1.807, 2.05) is 13.0 Å². The molecule has 0 aliphatic rings. The SMILES string of the molecule is CCCCn1c(=O)c2sccc2n(CC(=O)Nc2cccc(C#N)c2)c1=O. The van der Waals surface area contributed by atoms with Crippen LogP contribution in [0, 0.1) is 11.3 Å². The number of amides is 1. The second-order valence-corrected chi connectivity index (χ2v) is 6.97. The highest BCUT2D eigenvalue weighted by Gasteiger charge is 2.16. The Balaban J connectivity index is 1.95. The minimum Gasteiger partial charge on any atom is -0.324 e. The lowest BCUT2D eigenvalue weighted by atomic mass is 10.2. The summed E-state index contributed by atoms with van der Waals surface area (Å²) in [4.78, 5) is 37.8. The molecule has 0 radical (unpaired) electrons. The minimum absolute atomic E-state index is 0.213. The van der Waals surface area contributed by atoms with Gasteiger partial charge in [0, 0.05) is 12.2 Å². The number of thiophene rings is 1. The van der Waals surface area contributed by atoms with Crippen molar-refractivity contribution in [1.29, 1.82) is 5.26 Å². The minimum atomic E-state index is -0.486. The summed E-state index contributed by atoms with van der Waals surface area (Å²) in [5, 5.41) is 13.4. The van der Waals surface area contributed by atoms with Gasteiger partial charge in [-0.3, -0.25) is 18.7 Å². The molecule has 1 amide bonds. The van der Waals surface area contributed by atoms with Gasteiger partial charge in [0.2, 0.25) is 5.91 Å². The van der Waals surface area contributed by atoms with Gasteiger partial charge in [-0.15, -0.1) is 11.3 Å². The average Bonchev–Trinajstić information content (AvgIpc) is 3.15. The lowest BCUT2D eigenvalue weighted by Gasteiger charge is -2.12. The summed E-state index contributed by atoms with van der Waals surface area (Å²) in [6, 6.07) is 10.2. The first kappa shape index (κ1) is 18.6. The van der Waals surface area contributed by atoms with Gasteiger partial charge in [0.15, 0.2) is 0 Å². The maximum Gasteiger partial charge on any atom is 0.332 e. The van der Waals surface area contributed by atoms with Gasteiger partial charge in [-0.2, -0.15) is 5.26 Å². The topological polar surface area (TPSA) is 96.9 Å². The van der Waals surface area contributed by atoms with E-state index in [4.69, 9.17) is 5.26 Å². The zero-order valence-corrected chi connectivity index (χ0v) is 15.6. The summed E-state index contributed by atoms with van der Waals surface area (Å²) in [6.45, 7) is 2.10. The van der Waals surface area contributed by atoms with E-state index in [2.05, 4.69) is 5.32 Å². The van der Waals surface area contributed by atoms with Gasteiger partial charge in [0.25, 0.3) is 5.56 Å².